The zero-order valence-electron chi connectivity index (χ0n) is 39.1. The van der Waals surface area contributed by atoms with Gasteiger partial charge in [0.2, 0.25) is 0 Å². The number of nitrogens with zero attached hydrogens (tertiary/aromatic N) is 1. The van der Waals surface area contributed by atoms with Crippen molar-refractivity contribution in [3.05, 3.63) is 0 Å². The second-order valence-electron chi connectivity index (χ2n) is 17.4. The molecule has 0 aromatic rings. The van der Waals surface area contributed by atoms with Crippen LogP contribution < -0.4 is 0 Å². The summed E-state index contributed by atoms with van der Waals surface area (Å²) in [6.45, 7) is 15.7. The van der Waals surface area contributed by atoms with Gasteiger partial charge in [-0.1, -0.05) is 189 Å². The Morgan fingerprint density at radius 2 is 0.930 bits per heavy atom. The Hall–Kier alpha value is -1.18. The van der Waals surface area contributed by atoms with Crippen LogP contribution in [0.15, 0.2) is 0 Å². The third kappa shape index (κ3) is 45.7. The molecule has 0 radical (unpaired) electrons. The van der Waals surface area contributed by atoms with Gasteiger partial charge in [0, 0.05) is 13.2 Å². The Bertz CT molecular complexity index is 782. The van der Waals surface area contributed by atoms with Crippen LogP contribution in [0.3, 0.4) is 0 Å². The molecular formula is C50H101NO6. The van der Waals surface area contributed by atoms with Crippen molar-refractivity contribution in [1.82, 2.24) is 4.90 Å². The molecule has 7 heteroatoms. The summed E-state index contributed by atoms with van der Waals surface area (Å²) in [5.41, 5.74) is 0. The van der Waals surface area contributed by atoms with Crippen LogP contribution in [0.1, 0.15) is 253 Å². The predicted molar refractivity (Wildman–Crippen MR) is 245 cm³/mol. The minimum atomic E-state index is -0.386. The van der Waals surface area contributed by atoms with E-state index in [2.05, 4.69) is 39.5 Å². The number of carbonyl (C=O) groups excluding carboxylic acids is 2. The SMILES string of the molecule is CCCCCCCCC(C)CCCCCC.CCCCCCCCC(CCCCCC)C(=O)OCCCCC(O)CN(CCCCCO)CCCCCCOC=O. The van der Waals surface area contributed by atoms with Crippen molar-refractivity contribution in [1.29, 1.82) is 0 Å². The van der Waals surface area contributed by atoms with Crippen LogP contribution in [0.2, 0.25) is 0 Å². The quantitative estimate of drug-likeness (QED) is 0.0359. The standard InChI is InChI=1S/C34H67NO6.C16H34/c1-3-5-7-9-10-15-23-32(22-14-8-6-4-2)34(39)41-29-21-16-24-33(38)30-35(26-18-13-19-27-36)25-17-11-12-20-28-40-31-37;1-4-6-8-10-11-13-15-16(3)14-12-9-7-5-2/h31-33,36,38H,3-30H2,1-2H3;16H,4-15H2,1-3H3. The molecule has 0 spiro atoms. The number of carbonyl (C=O) groups is 2. The number of hydrogen-bond donors (Lipinski definition) is 2. The fourth-order valence-corrected chi connectivity index (χ4v) is 7.71. The lowest BCUT2D eigenvalue weighted by Crippen LogP contribution is -2.34. The summed E-state index contributed by atoms with van der Waals surface area (Å²) in [4.78, 5) is 25.4. The molecule has 0 fully saturated rings. The third-order valence-electron chi connectivity index (χ3n) is 11.6. The van der Waals surface area contributed by atoms with Crippen LogP contribution in [0.5, 0.6) is 0 Å². The van der Waals surface area contributed by atoms with Gasteiger partial charge >= 0.3 is 5.97 Å². The molecule has 0 heterocycles. The maximum absolute atomic E-state index is 12.8. The van der Waals surface area contributed by atoms with Crippen molar-refractivity contribution in [2.75, 3.05) is 39.5 Å². The lowest BCUT2D eigenvalue weighted by Gasteiger charge is -2.25. The smallest absolute Gasteiger partial charge is 0.308 e. The van der Waals surface area contributed by atoms with Crippen molar-refractivity contribution in [2.45, 2.75) is 259 Å². The highest BCUT2D eigenvalue weighted by Gasteiger charge is 2.19. The Balaban J connectivity index is 0. The van der Waals surface area contributed by atoms with Crippen molar-refractivity contribution < 1.29 is 29.3 Å². The molecule has 2 N–H and O–H groups in total. The van der Waals surface area contributed by atoms with E-state index in [0.717, 1.165) is 102 Å². The molecule has 7 nitrogen and oxygen atoms in total. The highest BCUT2D eigenvalue weighted by molar-refractivity contribution is 5.72. The maximum atomic E-state index is 12.8. The van der Waals surface area contributed by atoms with E-state index >= 15 is 0 Å². The number of rotatable bonds is 45. The minimum Gasteiger partial charge on any atom is -0.468 e. The Morgan fingerprint density at radius 1 is 0.526 bits per heavy atom. The molecule has 0 aromatic heterocycles. The van der Waals surface area contributed by atoms with Crippen LogP contribution in [0.4, 0.5) is 0 Å². The van der Waals surface area contributed by atoms with Crippen molar-refractivity contribution in [3.63, 3.8) is 0 Å². The summed E-state index contributed by atoms with van der Waals surface area (Å²) < 4.78 is 10.5. The van der Waals surface area contributed by atoms with Gasteiger partial charge < -0.3 is 24.6 Å². The number of hydrogen-bond acceptors (Lipinski definition) is 7. The van der Waals surface area contributed by atoms with Gasteiger partial charge in [0.15, 0.2) is 0 Å². The lowest BCUT2D eigenvalue weighted by molar-refractivity contribution is -0.149. The molecule has 342 valence electrons. The lowest BCUT2D eigenvalue weighted by atomic mass is 9.94. The second kappa shape index (κ2) is 49.2. The van der Waals surface area contributed by atoms with E-state index in [-0.39, 0.29) is 24.6 Å². The fraction of sp³-hybridized carbons (Fsp3) is 0.960. The first-order valence-corrected chi connectivity index (χ1v) is 25.1. The maximum Gasteiger partial charge on any atom is 0.308 e. The molecule has 0 rings (SSSR count). The molecule has 0 aromatic carbocycles. The van der Waals surface area contributed by atoms with Gasteiger partial charge in [0.25, 0.3) is 6.47 Å². The Kier molecular flexibility index (Phi) is 50.0. The average molecular weight is 812 g/mol. The first-order chi connectivity index (χ1) is 27.9. The van der Waals surface area contributed by atoms with Crippen molar-refractivity contribution >= 4 is 12.4 Å². The van der Waals surface area contributed by atoms with E-state index in [4.69, 9.17) is 14.6 Å². The normalized spacial score (nSPS) is 12.9. The topological polar surface area (TPSA) is 96.3 Å². The number of aliphatic hydroxyl groups is 2. The molecule has 0 aliphatic heterocycles. The average Bonchev–Trinajstić information content (AvgIpc) is 3.21. The molecule has 0 saturated heterocycles. The second-order valence-corrected chi connectivity index (χ2v) is 17.4. The van der Waals surface area contributed by atoms with E-state index in [1.165, 1.54) is 128 Å². The van der Waals surface area contributed by atoms with Crippen molar-refractivity contribution in [3.8, 4) is 0 Å². The van der Waals surface area contributed by atoms with E-state index in [1.54, 1.807) is 0 Å². The molecule has 0 bridgehead atoms. The number of aliphatic hydroxyl groups excluding tert-OH is 2. The third-order valence-corrected chi connectivity index (χ3v) is 11.6. The van der Waals surface area contributed by atoms with Crippen LogP contribution in [0, 0.1) is 11.8 Å². The summed E-state index contributed by atoms with van der Waals surface area (Å²) in [6, 6.07) is 0. The number of unbranched alkanes of at least 4 members (excludes halogenated alkanes) is 22. The summed E-state index contributed by atoms with van der Waals surface area (Å²) in [7, 11) is 0. The molecule has 0 aliphatic carbocycles. The molecule has 57 heavy (non-hydrogen) atoms. The predicted octanol–water partition coefficient (Wildman–Crippen LogP) is 13.9. The zero-order valence-corrected chi connectivity index (χ0v) is 39.1. The highest BCUT2D eigenvalue weighted by atomic mass is 16.5. The minimum absolute atomic E-state index is 0.0117. The van der Waals surface area contributed by atoms with Crippen molar-refractivity contribution in [2.24, 2.45) is 11.8 Å². The van der Waals surface area contributed by atoms with E-state index in [1.807, 2.05) is 0 Å². The van der Waals surface area contributed by atoms with Crippen LogP contribution in [-0.4, -0.2) is 73.1 Å². The molecule has 0 aliphatic rings. The van der Waals surface area contributed by atoms with E-state index in [0.29, 0.717) is 32.7 Å². The number of ether oxygens (including phenoxy) is 2. The molecular weight excluding hydrogens is 711 g/mol. The summed E-state index contributed by atoms with van der Waals surface area (Å²) in [5, 5.41) is 19.8. The van der Waals surface area contributed by atoms with Gasteiger partial charge in [-0.15, -0.1) is 0 Å². The molecule has 3 atom stereocenters. The monoisotopic (exact) mass is 812 g/mol. The molecule has 3 unspecified atom stereocenters. The molecule has 0 amide bonds. The Labute approximate surface area is 356 Å². The van der Waals surface area contributed by atoms with Gasteiger partial charge in [-0.25, -0.2) is 0 Å². The fourth-order valence-electron chi connectivity index (χ4n) is 7.71. The first-order valence-electron chi connectivity index (χ1n) is 25.1. The van der Waals surface area contributed by atoms with Gasteiger partial charge in [0.05, 0.1) is 25.2 Å². The zero-order chi connectivity index (χ0) is 42.3. The van der Waals surface area contributed by atoms with Crippen LogP contribution in [-0.2, 0) is 19.1 Å². The summed E-state index contributed by atoms with van der Waals surface area (Å²) in [6.07, 6.45) is 40.3. The van der Waals surface area contributed by atoms with Gasteiger partial charge in [0.1, 0.15) is 0 Å². The van der Waals surface area contributed by atoms with E-state index in [9.17, 15) is 14.7 Å². The van der Waals surface area contributed by atoms with E-state index < -0.39 is 0 Å². The highest BCUT2D eigenvalue weighted by Crippen LogP contribution is 2.21. The molecule has 0 saturated carbocycles. The number of esters is 1. The van der Waals surface area contributed by atoms with Gasteiger partial charge in [-0.3, -0.25) is 9.59 Å². The largest absolute Gasteiger partial charge is 0.468 e. The summed E-state index contributed by atoms with van der Waals surface area (Å²) in [5.74, 6) is 1.01. The van der Waals surface area contributed by atoms with Gasteiger partial charge in [-0.2, -0.15) is 0 Å². The first kappa shape index (κ1) is 57.9. The Morgan fingerprint density at radius 3 is 1.44 bits per heavy atom. The summed E-state index contributed by atoms with van der Waals surface area (Å²) >= 11 is 0. The van der Waals surface area contributed by atoms with Crippen LogP contribution in [0.25, 0.3) is 0 Å². The van der Waals surface area contributed by atoms with Gasteiger partial charge in [-0.05, 0) is 83.2 Å². The van der Waals surface area contributed by atoms with Crippen LogP contribution >= 0.6 is 0 Å².